The van der Waals surface area contributed by atoms with Gasteiger partial charge in [-0.3, -0.25) is 4.90 Å². The van der Waals surface area contributed by atoms with E-state index in [9.17, 15) is 0 Å². The van der Waals surface area contributed by atoms with Crippen LogP contribution in [0, 0.1) is 11.8 Å². The van der Waals surface area contributed by atoms with Gasteiger partial charge in [0.25, 0.3) is 0 Å². The Balaban J connectivity index is 2.16. The molecule has 0 aromatic rings. The molecule has 1 saturated heterocycles. The smallest absolute Gasteiger partial charge is 0.0594 e. The first-order chi connectivity index (χ1) is 6.74. The van der Waals surface area contributed by atoms with E-state index in [0.29, 0.717) is 0 Å². The van der Waals surface area contributed by atoms with Crippen molar-refractivity contribution in [1.82, 2.24) is 4.90 Å². The van der Waals surface area contributed by atoms with E-state index in [1.165, 1.54) is 19.4 Å². The van der Waals surface area contributed by atoms with E-state index in [1.54, 1.807) is 0 Å². The predicted octanol–water partition coefficient (Wildman–Crippen LogP) is 2.39. The molecule has 0 aliphatic carbocycles. The quantitative estimate of drug-likeness (QED) is 0.674. The third kappa shape index (κ3) is 3.97. The summed E-state index contributed by atoms with van der Waals surface area (Å²) >= 11 is 0. The number of nitrogens with zero attached hydrogens (tertiary/aromatic N) is 1. The Morgan fingerprint density at radius 1 is 1.21 bits per heavy atom. The molecule has 0 aromatic heterocycles. The van der Waals surface area contributed by atoms with Crippen LogP contribution in [-0.4, -0.2) is 37.7 Å². The summed E-state index contributed by atoms with van der Waals surface area (Å²) in [5, 5.41) is 0. The van der Waals surface area contributed by atoms with Gasteiger partial charge in [-0.2, -0.15) is 0 Å². The maximum atomic E-state index is 5.34. The summed E-state index contributed by atoms with van der Waals surface area (Å²) < 4.78 is 5.34. The number of rotatable bonds is 5. The summed E-state index contributed by atoms with van der Waals surface area (Å²) in [5.74, 6) is 1.74. The Labute approximate surface area is 88.6 Å². The third-order valence-electron chi connectivity index (χ3n) is 3.39. The molecule has 0 bridgehead atoms. The SMILES string of the molecule is CC[C@@H](CCN1CCOCC1)C(C)C. The Bertz CT molecular complexity index is 141. The van der Waals surface area contributed by atoms with Crippen molar-refractivity contribution >= 4 is 0 Å². The van der Waals surface area contributed by atoms with Crippen molar-refractivity contribution in [3.05, 3.63) is 0 Å². The highest BCUT2D eigenvalue weighted by atomic mass is 16.5. The molecule has 84 valence electrons. The minimum Gasteiger partial charge on any atom is -0.379 e. The molecule has 1 heterocycles. The average Bonchev–Trinajstić information content (AvgIpc) is 2.20. The van der Waals surface area contributed by atoms with Gasteiger partial charge < -0.3 is 4.74 Å². The fourth-order valence-electron chi connectivity index (χ4n) is 2.18. The zero-order valence-electron chi connectivity index (χ0n) is 9.96. The number of morpholine rings is 1. The normalized spacial score (nSPS) is 21.4. The first-order valence-corrected chi connectivity index (χ1v) is 6.04. The fourth-order valence-corrected chi connectivity index (χ4v) is 2.18. The van der Waals surface area contributed by atoms with Crippen molar-refractivity contribution in [3.8, 4) is 0 Å². The van der Waals surface area contributed by atoms with Gasteiger partial charge in [-0.15, -0.1) is 0 Å². The van der Waals surface area contributed by atoms with Crippen LogP contribution in [0.5, 0.6) is 0 Å². The van der Waals surface area contributed by atoms with Crippen LogP contribution in [0.1, 0.15) is 33.6 Å². The lowest BCUT2D eigenvalue weighted by molar-refractivity contribution is 0.0343. The molecule has 1 aliphatic heterocycles. The lowest BCUT2D eigenvalue weighted by Crippen LogP contribution is -2.37. The van der Waals surface area contributed by atoms with Gasteiger partial charge in [-0.05, 0) is 24.8 Å². The standard InChI is InChI=1S/C12H25NO/c1-4-12(11(2)3)5-6-13-7-9-14-10-8-13/h11-12H,4-10H2,1-3H3/t12-/m0/s1. The van der Waals surface area contributed by atoms with E-state index in [-0.39, 0.29) is 0 Å². The molecule has 1 rings (SSSR count). The Hall–Kier alpha value is -0.0800. The van der Waals surface area contributed by atoms with E-state index in [0.717, 1.165) is 38.1 Å². The Morgan fingerprint density at radius 2 is 1.86 bits per heavy atom. The van der Waals surface area contributed by atoms with E-state index in [2.05, 4.69) is 25.7 Å². The van der Waals surface area contributed by atoms with Crippen LogP contribution in [0.2, 0.25) is 0 Å². The molecule has 0 saturated carbocycles. The van der Waals surface area contributed by atoms with Gasteiger partial charge in [0.1, 0.15) is 0 Å². The lowest BCUT2D eigenvalue weighted by Gasteiger charge is -2.29. The van der Waals surface area contributed by atoms with Crippen LogP contribution in [0.15, 0.2) is 0 Å². The zero-order chi connectivity index (χ0) is 10.4. The molecule has 0 radical (unpaired) electrons. The van der Waals surface area contributed by atoms with Crippen LogP contribution in [0.4, 0.5) is 0 Å². The van der Waals surface area contributed by atoms with Gasteiger partial charge in [0.2, 0.25) is 0 Å². The fraction of sp³-hybridized carbons (Fsp3) is 1.00. The van der Waals surface area contributed by atoms with E-state index < -0.39 is 0 Å². The van der Waals surface area contributed by atoms with Crippen LogP contribution < -0.4 is 0 Å². The van der Waals surface area contributed by atoms with Crippen molar-refractivity contribution in [2.45, 2.75) is 33.6 Å². The molecule has 14 heavy (non-hydrogen) atoms. The monoisotopic (exact) mass is 199 g/mol. The van der Waals surface area contributed by atoms with E-state index >= 15 is 0 Å². The minimum absolute atomic E-state index is 0.834. The average molecular weight is 199 g/mol. The molecule has 0 N–H and O–H groups in total. The molecule has 1 aliphatic rings. The highest BCUT2D eigenvalue weighted by molar-refractivity contribution is 4.67. The summed E-state index contributed by atoms with van der Waals surface area (Å²) in [4.78, 5) is 2.54. The van der Waals surface area contributed by atoms with Crippen molar-refractivity contribution < 1.29 is 4.74 Å². The van der Waals surface area contributed by atoms with Crippen molar-refractivity contribution in [1.29, 1.82) is 0 Å². The summed E-state index contributed by atoms with van der Waals surface area (Å²) in [7, 11) is 0. The van der Waals surface area contributed by atoms with Gasteiger partial charge in [0.05, 0.1) is 13.2 Å². The molecule has 2 heteroatoms. The topological polar surface area (TPSA) is 12.5 Å². The van der Waals surface area contributed by atoms with E-state index in [4.69, 9.17) is 4.74 Å². The molecule has 0 amide bonds. The minimum atomic E-state index is 0.834. The molecule has 0 aromatic carbocycles. The third-order valence-corrected chi connectivity index (χ3v) is 3.39. The predicted molar refractivity (Wildman–Crippen MR) is 60.5 cm³/mol. The van der Waals surface area contributed by atoms with Crippen molar-refractivity contribution in [2.75, 3.05) is 32.8 Å². The van der Waals surface area contributed by atoms with Gasteiger partial charge in [-0.25, -0.2) is 0 Å². The number of hydrogen-bond donors (Lipinski definition) is 0. The maximum Gasteiger partial charge on any atom is 0.0594 e. The molecular formula is C12H25NO. The first-order valence-electron chi connectivity index (χ1n) is 6.04. The van der Waals surface area contributed by atoms with Crippen molar-refractivity contribution in [3.63, 3.8) is 0 Å². The van der Waals surface area contributed by atoms with Gasteiger partial charge in [0, 0.05) is 13.1 Å². The second-order valence-electron chi connectivity index (χ2n) is 4.66. The summed E-state index contributed by atoms with van der Waals surface area (Å²) in [6, 6.07) is 0. The Kier molecular flexibility index (Phi) is 5.49. The Morgan fingerprint density at radius 3 is 2.36 bits per heavy atom. The van der Waals surface area contributed by atoms with Gasteiger partial charge >= 0.3 is 0 Å². The van der Waals surface area contributed by atoms with Crippen LogP contribution in [-0.2, 0) is 4.74 Å². The molecule has 0 spiro atoms. The van der Waals surface area contributed by atoms with Crippen molar-refractivity contribution in [2.24, 2.45) is 11.8 Å². The molecular weight excluding hydrogens is 174 g/mol. The van der Waals surface area contributed by atoms with Crippen LogP contribution >= 0.6 is 0 Å². The zero-order valence-corrected chi connectivity index (χ0v) is 9.96. The molecule has 1 atom stereocenters. The molecule has 2 nitrogen and oxygen atoms in total. The summed E-state index contributed by atoms with van der Waals surface area (Å²) in [5.41, 5.74) is 0. The highest BCUT2D eigenvalue weighted by Crippen LogP contribution is 2.19. The first kappa shape index (κ1) is 12.0. The largest absolute Gasteiger partial charge is 0.379 e. The summed E-state index contributed by atoms with van der Waals surface area (Å²) in [6.45, 7) is 12.4. The maximum absolute atomic E-state index is 5.34. The second-order valence-corrected chi connectivity index (χ2v) is 4.66. The second kappa shape index (κ2) is 6.41. The van der Waals surface area contributed by atoms with Gasteiger partial charge in [0.15, 0.2) is 0 Å². The summed E-state index contributed by atoms with van der Waals surface area (Å²) in [6.07, 6.45) is 2.68. The molecule has 1 fully saturated rings. The number of ether oxygens (including phenoxy) is 1. The van der Waals surface area contributed by atoms with Crippen LogP contribution in [0.3, 0.4) is 0 Å². The molecule has 0 unspecified atom stereocenters. The highest BCUT2D eigenvalue weighted by Gasteiger charge is 2.14. The van der Waals surface area contributed by atoms with E-state index in [1.807, 2.05) is 0 Å². The number of hydrogen-bond acceptors (Lipinski definition) is 2. The van der Waals surface area contributed by atoms with Gasteiger partial charge in [-0.1, -0.05) is 27.2 Å². The lowest BCUT2D eigenvalue weighted by atomic mass is 9.90. The van der Waals surface area contributed by atoms with Crippen LogP contribution in [0.25, 0.3) is 0 Å².